The normalized spacial score (nSPS) is 24.6. The quantitative estimate of drug-likeness (QED) is 0.920. The van der Waals surface area contributed by atoms with Crippen molar-refractivity contribution < 1.29 is 9.32 Å². The Morgan fingerprint density at radius 2 is 2.10 bits per heavy atom. The number of nitrogens with zero attached hydrogens (tertiary/aromatic N) is 2. The van der Waals surface area contributed by atoms with Crippen LogP contribution in [0.15, 0.2) is 4.52 Å². The lowest BCUT2D eigenvalue weighted by molar-refractivity contribution is -0.130. The molecule has 1 aromatic heterocycles. The highest BCUT2D eigenvalue weighted by Gasteiger charge is 2.37. The lowest BCUT2D eigenvalue weighted by Crippen LogP contribution is -2.32. The molecule has 112 valence electrons. The molecule has 0 saturated carbocycles. The molecule has 1 aromatic rings. The molecule has 2 fully saturated rings. The molecule has 1 N–H and O–H groups in total. The number of likely N-dealkylation sites (tertiary alicyclic amines) is 1. The van der Waals surface area contributed by atoms with E-state index in [2.05, 4.69) is 10.5 Å². The van der Waals surface area contributed by atoms with E-state index in [1.807, 2.05) is 11.8 Å². The van der Waals surface area contributed by atoms with E-state index in [0.29, 0.717) is 29.9 Å². The SMILES string of the molecule is Cc1noc(Cl)c1CCC(=O)N1C[C@H]2CNC[C@H]2C1.Cl. The van der Waals surface area contributed by atoms with Crippen LogP contribution in [0.4, 0.5) is 0 Å². The Morgan fingerprint density at radius 1 is 1.45 bits per heavy atom. The van der Waals surface area contributed by atoms with Crippen molar-refractivity contribution in [2.24, 2.45) is 11.8 Å². The zero-order valence-electron chi connectivity index (χ0n) is 11.4. The number of aromatic nitrogens is 1. The first kappa shape index (κ1) is 15.6. The maximum absolute atomic E-state index is 12.2. The van der Waals surface area contributed by atoms with Crippen LogP contribution in [0.3, 0.4) is 0 Å². The predicted octanol–water partition coefficient (Wildman–Crippen LogP) is 1.67. The second-order valence-corrected chi connectivity index (χ2v) is 5.84. The van der Waals surface area contributed by atoms with Gasteiger partial charge in [0.25, 0.3) is 0 Å². The molecule has 5 nitrogen and oxygen atoms in total. The number of amides is 1. The van der Waals surface area contributed by atoms with Gasteiger partial charge in [0.05, 0.1) is 5.69 Å². The van der Waals surface area contributed by atoms with Gasteiger partial charge in [-0.1, -0.05) is 5.16 Å². The van der Waals surface area contributed by atoms with Crippen LogP contribution in [0.2, 0.25) is 5.22 Å². The number of fused-ring (bicyclic) bond motifs is 1. The molecule has 0 radical (unpaired) electrons. The summed E-state index contributed by atoms with van der Waals surface area (Å²) in [6.45, 7) is 5.73. The molecule has 3 rings (SSSR count). The monoisotopic (exact) mass is 319 g/mol. The molecule has 0 spiro atoms. The van der Waals surface area contributed by atoms with Crippen molar-refractivity contribution in [2.45, 2.75) is 19.8 Å². The van der Waals surface area contributed by atoms with Gasteiger partial charge in [-0.15, -0.1) is 12.4 Å². The minimum Gasteiger partial charge on any atom is -0.344 e. The molecular weight excluding hydrogens is 301 g/mol. The third-order valence-electron chi connectivity index (χ3n) is 4.27. The number of hydrogen-bond acceptors (Lipinski definition) is 4. The largest absolute Gasteiger partial charge is 0.344 e. The Hall–Kier alpha value is -0.780. The zero-order valence-corrected chi connectivity index (χ0v) is 13.0. The zero-order chi connectivity index (χ0) is 13.4. The number of carbonyl (C=O) groups excluding carboxylic acids is 1. The van der Waals surface area contributed by atoms with Gasteiger partial charge in [0.1, 0.15) is 0 Å². The highest BCUT2D eigenvalue weighted by Crippen LogP contribution is 2.27. The number of rotatable bonds is 3. The number of aryl methyl sites for hydroxylation is 1. The molecule has 1 amide bonds. The van der Waals surface area contributed by atoms with E-state index in [1.54, 1.807) is 0 Å². The molecule has 20 heavy (non-hydrogen) atoms. The average molecular weight is 320 g/mol. The van der Waals surface area contributed by atoms with E-state index < -0.39 is 0 Å². The minimum absolute atomic E-state index is 0. The number of nitrogens with one attached hydrogen (secondary N) is 1. The topological polar surface area (TPSA) is 58.4 Å². The molecule has 2 aliphatic heterocycles. The molecule has 0 bridgehead atoms. The maximum atomic E-state index is 12.2. The molecular formula is C13H19Cl2N3O2. The second-order valence-electron chi connectivity index (χ2n) is 5.50. The summed E-state index contributed by atoms with van der Waals surface area (Å²) in [5.74, 6) is 1.50. The Balaban J connectivity index is 0.00000147. The molecule has 0 aromatic carbocycles. The first-order valence-corrected chi connectivity index (χ1v) is 7.12. The van der Waals surface area contributed by atoms with Gasteiger partial charge in [0.15, 0.2) is 0 Å². The van der Waals surface area contributed by atoms with Crippen molar-refractivity contribution in [3.63, 3.8) is 0 Å². The lowest BCUT2D eigenvalue weighted by atomic mass is 10.0. The van der Waals surface area contributed by atoms with Crippen LogP contribution < -0.4 is 5.32 Å². The fourth-order valence-electron chi connectivity index (χ4n) is 3.09. The summed E-state index contributed by atoms with van der Waals surface area (Å²) in [6, 6.07) is 0. The van der Waals surface area contributed by atoms with Crippen molar-refractivity contribution in [1.29, 1.82) is 0 Å². The maximum Gasteiger partial charge on any atom is 0.229 e. The molecule has 0 unspecified atom stereocenters. The molecule has 0 aliphatic carbocycles. The Labute approximate surface area is 129 Å². The number of halogens is 2. The van der Waals surface area contributed by atoms with Gasteiger partial charge < -0.3 is 14.7 Å². The van der Waals surface area contributed by atoms with Gasteiger partial charge in [-0.2, -0.15) is 0 Å². The molecule has 2 aliphatic rings. The third-order valence-corrected chi connectivity index (χ3v) is 4.56. The van der Waals surface area contributed by atoms with Crippen LogP contribution in [-0.2, 0) is 11.2 Å². The second kappa shape index (κ2) is 6.33. The summed E-state index contributed by atoms with van der Waals surface area (Å²) in [4.78, 5) is 14.2. The van der Waals surface area contributed by atoms with Crippen LogP contribution in [0.25, 0.3) is 0 Å². The van der Waals surface area contributed by atoms with Crippen LogP contribution in [0.1, 0.15) is 17.7 Å². The van der Waals surface area contributed by atoms with E-state index in [9.17, 15) is 4.79 Å². The van der Waals surface area contributed by atoms with E-state index in [1.165, 1.54) is 0 Å². The van der Waals surface area contributed by atoms with Gasteiger partial charge >= 0.3 is 0 Å². The molecule has 3 heterocycles. The van der Waals surface area contributed by atoms with Crippen LogP contribution in [0.5, 0.6) is 0 Å². The average Bonchev–Trinajstić information content (AvgIpc) is 3.03. The van der Waals surface area contributed by atoms with Crippen molar-refractivity contribution in [3.8, 4) is 0 Å². The fourth-order valence-corrected chi connectivity index (χ4v) is 3.35. The van der Waals surface area contributed by atoms with Gasteiger partial charge in [-0.25, -0.2) is 0 Å². The smallest absolute Gasteiger partial charge is 0.229 e. The summed E-state index contributed by atoms with van der Waals surface area (Å²) >= 11 is 5.90. The predicted molar refractivity (Wildman–Crippen MR) is 78.2 cm³/mol. The van der Waals surface area contributed by atoms with Crippen molar-refractivity contribution in [1.82, 2.24) is 15.4 Å². The molecule has 2 atom stereocenters. The summed E-state index contributed by atoms with van der Waals surface area (Å²) in [5, 5.41) is 7.49. The van der Waals surface area contributed by atoms with Crippen LogP contribution in [-0.4, -0.2) is 42.1 Å². The van der Waals surface area contributed by atoms with Crippen molar-refractivity contribution in [3.05, 3.63) is 16.5 Å². The Kier molecular flexibility index (Phi) is 4.94. The standard InChI is InChI=1S/C13H18ClN3O2.ClH/c1-8-11(13(14)19-16-8)2-3-12(18)17-6-9-4-15-5-10(9)7-17;/h9-10,15H,2-7H2,1H3;1H/t9-,10+;. The number of hydrogen-bond donors (Lipinski definition) is 1. The molecule has 7 heteroatoms. The van der Waals surface area contributed by atoms with Crippen molar-refractivity contribution >= 4 is 29.9 Å². The highest BCUT2D eigenvalue weighted by atomic mass is 35.5. The minimum atomic E-state index is 0. The van der Waals surface area contributed by atoms with Gasteiger partial charge in [-0.05, 0) is 36.8 Å². The summed E-state index contributed by atoms with van der Waals surface area (Å²) < 4.78 is 4.90. The summed E-state index contributed by atoms with van der Waals surface area (Å²) in [6.07, 6.45) is 1.09. The van der Waals surface area contributed by atoms with Gasteiger partial charge in [0.2, 0.25) is 11.1 Å². The Morgan fingerprint density at radius 3 is 2.65 bits per heavy atom. The van der Waals surface area contributed by atoms with Crippen LogP contribution >= 0.6 is 24.0 Å². The highest BCUT2D eigenvalue weighted by molar-refractivity contribution is 6.29. The number of carbonyl (C=O) groups is 1. The van der Waals surface area contributed by atoms with E-state index in [4.69, 9.17) is 16.1 Å². The van der Waals surface area contributed by atoms with Gasteiger partial charge in [0, 0.05) is 38.2 Å². The van der Waals surface area contributed by atoms with Crippen LogP contribution in [0, 0.1) is 18.8 Å². The summed E-state index contributed by atoms with van der Waals surface area (Å²) in [7, 11) is 0. The fraction of sp³-hybridized carbons (Fsp3) is 0.692. The summed E-state index contributed by atoms with van der Waals surface area (Å²) in [5.41, 5.74) is 1.64. The lowest BCUT2D eigenvalue weighted by Gasteiger charge is -2.17. The molecule has 2 saturated heterocycles. The first-order valence-electron chi connectivity index (χ1n) is 6.74. The van der Waals surface area contributed by atoms with Gasteiger partial charge in [-0.3, -0.25) is 4.79 Å². The van der Waals surface area contributed by atoms with E-state index in [-0.39, 0.29) is 18.3 Å². The third kappa shape index (κ3) is 2.95. The van der Waals surface area contributed by atoms with E-state index in [0.717, 1.165) is 37.4 Å². The Bertz CT molecular complexity index is 460. The first-order chi connectivity index (χ1) is 9.15. The van der Waals surface area contributed by atoms with E-state index >= 15 is 0 Å². The van der Waals surface area contributed by atoms with Crippen molar-refractivity contribution in [2.75, 3.05) is 26.2 Å².